The first-order valence-electron chi connectivity index (χ1n) is 8.69. The summed E-state index contributed by atoms with van der Waals surface area (Å²) in [6, 6.07) is 19.2. The van der Waals surface area contributed by atoms with Crippen molar-refractivity contribution in [1.82, 2.24) is 10.9 Å². The van der Waals surface area contributed by atoms with Gasteiger partial charge in [-0.2, -0.15) is 0 Å². The Morgan fingerprint density at radius 2 is 1.72 bits per heavy atom. The lowest BCUT2D eigenvalue weighted by atomic mass is 10.1. The van der Waals surface area contributed by atoms with Crippen LogP contribution in [-0.2, 0) is 4.79 Å². The monoisotopic (exact) mass is 410 g/mol. The lowest BCUT2D eigenvalue weighted by Crippen LogP contribution is -2.48. The Labute approximate surface area is 172 Å². The zero-order valence-corrected chi connectivity index (χ0v) is 16.2. The third kappa shape index (κ3) is 5.39. The fourth-order valence-corrected chi connectivity index (χ4v) is 2.72. The molecule has 0 spiro atoms. The average molecular weight is 410 g/mol. The zero-order valence-electron chi connectivity index (χ0n) is 15.4. The molecule has 0 aliphatic heterocycles. The fraction of sp³-hybridized carbons (Fsp3) is 0.100. The number of benzene rings is 3. The van der Waals surface area contributed by atoms with Crippen molar-refractivity contribution in [1.29, 1.82) is 0 Å². The van der Waals surface area contributed by atoms with Crippen LogP contribution in [0.4, 0.5) is 11.4 Å². The van der Waals surface area contributed by atoms with Crippen LogP contribution in [0.3, 0.4) is 0 Å². The van der Waals surface area contributed by atoms with Gasteiger partial charge in [-0.05, 0) is 54.2 Å². The third-order valence-corrected chi connectivity index (χ3v) is 4.24. The molecule has 0 saturated heterocycles. The number of hydrazine groups is 1. The van der Waals surface area contributed by atoms with Gasteiger partial charge in [0.2, 0.25) is 0 Å². The number of thiocarbonyl (C=S) groups is 1. The second kappa shape index (κ2) is 8.98. The van der Waals surface area contributed by atoms with E-state index >= 15 is 0 Å². The van der Waals surface area contributed by atoms with Crippen molar-refractivity contribution in [3.63, 3.8) is 0 Å². The first kappa shape index (κ1) is 20.0. The Morgan fingerprint density at radius 3 is 2.41 bits per heavy atom. The van der Waals surface area contributed by atoms with Crippen LogP contribution in [0.25, 0.3) is 10.8 Å². The van der Waals surface area contributed by atoms with Crippen molar-refractivity contribution in [2.75, 3.05) is 5.32 Å². The molecule has 3 aromatic rings. The van der Waals surface area contributed by atoms with Gasteiger partial charge in [0.15, 0.2) is 11.2 Å². The minimum Gasteiger partial charge on any atom is -0.481 e. The minimum atomic E-state index is -0.758. The maximum atomic E-state index is 12.2. The molecule has 0 saturated carbocycles. The number of hydrogen-bond acceptors (Lipinski definition) is 5. The number of rotatable bonds is 5. The molecule has 9 heteroatoms. The number of ether oxygens (including phenoxy) is 1. The largest absolute Gasteiger partial charge is 0.481 e. The summed E-state index contributed by atoms with van der Waals surface area (Å²) in [6.07, 6.45) is -0.758. The molecule has 29 heavy (non-hydrogen) atoms. The molecule has 8 nitrogen and oxygen atoms in total. The van der Waals surface area contributed by atoms with Crippen molar-refractivity contribution in [2.45, 2.75) is 13.0 Å². The summed E-state index contributed by atoms with van der Waals surface area (Å²) in [4.78, 5) is 22.4. The van der Waals surface area contributed by atoms with E-state index < -0.39 is 16.9 Å². The number of non-ortho nitro benzene ring substituents is 1. The lowest BCUT2D eigenvalue weighted by molar-refractivity contribution is -0.384. The molecule has 0 aliphatic rings. The minimum absolute atomic E-state index is 0.0256. The van der Waals surface area contributed by atoms with Gasteiger partial charge in [-0.3, -0.25) is 25.8 Å². The third-order valence-electron chi connectivity index (χ3n) is 4.04. The summed E-state index contributed by atoms with van der Waals surface area (Å²) in [5.74, 6) is 0.170. The number of anilines is 1. The van der Waals surface area contributed by atoms with E-state index in [9.17, 15) is 14.9 Å². The molecular weight excluding hydrogens is 392 g/mol. The summed E-state index contributed by atoms with van der Waals surface area (Å²) >= 11 is 5.10. The van der Waals surface area contributed by atoms with Gasteiger partial charge in [-0.25, -0.2) is 0 Å². The van der Waals surface area contributed by atoms with Crippen molar-refractivity contribution in [2.24, 2.45) is 0 Å². The van der Waals surface area contributed by atoms with Gasteiger partial charge in [0.1, 0.15) is 5.75 Å². The van der Waals surface area contributed by atoms with E-state index in [0.29, 0.717) is 11.4 Å². The number of hydrogen-bond donors (Lipinski definition) is 3. The van der Waals surface area contributed by atoms with Crippen LogP contribution in [0.5, 0.6) is 5.75 Å². The van der Waals surface area contributed by atoms with E-state index in [2.05, 4.69) is 16.2 Å². The van der Waals surface area contributed by atoms with E-state index in [1.54, 1.807) is 13.0 Å². The van der Waals surface area contributed by atoms with Crippen LogP contribution >= 0.6 is 12.2 Å². The molecule has 0 aliphatic carbocycles. The summed E-state index contributed by atoms with van der Waals surface area (Å²) < 4.78 is 5.69. The molecule has 1 atom stereocenters. The van der Waals surface area contributed by atoms with E-state index in [-0.39, 0.29) is 10.8 Å². The summed E-state index contributed by atoms with van der Waals surface area (Å²) in [5.41, 5.74) is 5.55. The van der Waals surface area contributed by atoms with Crippen molar-refractivity contribution >= 4 is 45.4 Å². The number of carbonyl (C=O) groups excluding carboxylic acids is 1. The van der Waals surface area contributed by atoms with Gasteiger partial charge < -0.3 is 10.1 Å². The average Bonchev–Trinajstić information content (AvgIpc) is 2.72. The smallest absolute Gasteiger partial charge is 0.279 e. The highest BCUT2D eigenvalue weighted by Gasteiger charge is 2.15. The van der Waals surface area contributed by atoms with E-state index in [1.165, 1.54) is 24.3 Å². The quantitative estimate of drug-likeness (QED) is 0.336. The second-order valence-electron chi connectivity index (χ2n) is 6.14. The number of amides is 1. The van der Waals surface area contributed by atoms with Gasteiger partial charge in [0.25, 0.3) is 11.6 Å². The zero-order chi connectivity index (χ0) is 20.8. The van der Waals surface area contributed by atoms with E-state index in [0.717, 1.165) is 10.8 Å². The van der Waals surface area contributed by atoms with Crippen LogP contribution in [0.15, 0.2) is 66.7 Å². The molecule has 0 radical (unpaired) electrons. The molecule has 0 bridgehead atoms. The van der Waals surface area contributed by atoms with Gasteiger partial charge in [-0.15, -0.1) is 0 Å². The Hall–Kier alpha value is -3.72. The summed E-state index contributed by atoms with van der Waals surface area (Å²) in [5, 5.41) is 15.7. The van der Waals surface area contributed by atoms with Crippen molar-refractivity contribution < 1.29 is 14.5 Å². The molecule has 3 rings (SSSR count). The molecule has 0 fully saturated rings. The Kier molecular flexibility index (Phi) is 6.20. The molecule has 0 aromatic heterocycles. The van der Waals surface area contributed by atoms with E-state index in [4.69, 9.17) is 17.0 Å². The van der Waals surface area contributed by atoms with E-state index in [1.807, 2.05) is 36.4 Å². The molecule has 3 aromatic carbocycles. The van der Waals surface area contributed by atoms with Crippen LogP contribution < -0.4 is 20.9 Å². The Bertz CT molecular complexity index is 1060. The fourth-order valence-electron chi connectivity index (χ4n) is 2.55. The number of nitro groups is 1. The Morgan fingerprint density at radius 1 is 1.03 bits per heavy atom. The van der Waals surface area contributed by atoms with Gasteiger partial charge >= 0.3 is 0 Å². The van der Waals surface area contributed by atoms with Crippen LogP contribution in [0.1, 0.15) is 6.92 Å². The summed E-state index contributed by atoms with van der Waals surface area (Å²) in [7, 11) is 0. The van der Waals surface area contributed by atoms with Crippen molar-refractivity contribution in [3.05, 3.63) is 76.8 Å². The maximum Gasteiger partial charge on any atom is 0.279 e. The number of carbonyl (C=O) groups is 1. The highest BCUT2D eigenvalue weighted by molar-refractivity contribution is 7.80. The molecule has 0 unspecified atom stereocenters. The van der Waals surface area contributed by atoms with Crippen molar-refractivity contribution in [3.8, 4) is 5.75 Å². The molecular formula is C20H18N4O4S. The maximum absolute atomic E-state index is 12.2. The lowest BCUT2D eigenvalue weighted by Gasteiger charge is -2.17. The number of nitrogens with zero attached hydrogens (tertiary/aromatic N) is 1. The Balaban J connectivity index is 1.49. The molecule has 3 N–H and O–H groups in total. The SMILES string of the molecule is C[C@@H](Oc1ccc2ccccc2c1)C(=O)NNC(=S)Nc1ccc([N+](=O)[O-])cc1. The molecule has 1 amide bonds. The number of nitro benzene ring substituents is 1. The predicted octanol–water partition coefficient (Wildman–Crippen LogP) is 3.53. The van der Waals surface area contributed by atoms with Crippen LogP contribution in [-0.4, -0.2) is 22.0 Å². The highest BCUT2D eigenvalue weighted by Crippen LogP contribution is 2.21. The second-order valence-corrected chi connectivity index (χ2v) is 6.55. The van der Waals surface area contributed by atoms with Crippen LogP contribution in [0, 0.1) is 10.1 Å². The molecule has 0 heterocycles. The number of nitrogens with one attached hydrogen (secondary N) is 3. The number of fused-ring (bicyclic) bond motifs is 1. The van der Waals surface area contributed by atoms with Gasteiger partial charge in [-0.1, -0.05) is 30.3 Å². The normalized spacial score (nSPS) is 11.3. The molecule has 148 valence electrons. The van der Waals surface area contributed by atoms with Gasteiger partial charge in [0.05, 0.1) is 4.92 Å². The van der Waals surface area contributed by atoms with Gasteiger partial charge in [0, 0.05) is 17.8 Å². The standard InChI is InChI=1S/C20H18N4O4S/c1-13(28-18-11-6-14-4-2-3-5-15(14)12-18)19(25)22-23-20(29)21-16-7-9-17(10-8-16)24(26)27/h2-13H,1H3,(H,22,25)(H2,21,23,29)/t13-/m1/s1. The topological polar surface area (TPSA) is 106 Å². The first-order valence-corrected chi connectivity index (χ1v) is 9.10. The predicted molar refractivity (Wildman–Crippen MR) is 115 cm³/mol. The van der Waals surface area contributed by atoms with Crippen LogP contribution in [0.2, 0.25) is 0 Å². The first-order chi connectivity index (χ1) is 13.9. The summed E-state index contributed by atoms with van der Waals surface area (Å²) in [6.45, 7) is 1.62. The highest BCUT2D eigenvalue weighted by atomic mass is 32.1.